The number of fused-ring (bicyclic) bond motifs is 1. The average Bonchev–Trinajstić information content (AvgIpc) is 3.29. The summed E-state index contributed by atoms with van der Waals surface area (Å²) in [7, 11) is 0. The quantitative estimate of drug-likeness (QED) is 0.601. The molecule has 0 radical (unpaired) electrons. The fourth-order valence-electron chi connectivity index (χ4n) is 3.01. The number of halogens is 3. The third kappa shape index (κ3) is 4.72. The van der Waals surface area contributed by atoms with Crippen molar-refractivity contribution in [1.29, 1.82) is 0 Å². The van der Waals surface area contributed by atoms with E-state index < -0.39 is 17.5 Å². The van der Waals surface area contributed by atoms with Gasteiger partial charge in [-0.3, -0.25) is 14.6 Å². The number of aryl methyl sites for hydroxylation is 1. The van der Waals surface area contributed by atoms with Gasteiger partial charge in [-0.1, -0.05) is 16.5 Å². The van der Waals surface area contributed by atoms with Gasteiger partial charge in [0.1, 0.15) is 11.3 Å². The second kappa shape index (κ2) is 9.12. The maximum atomic E-state index is 14.1. The first-order chi connectivity index (χ1) is 13.5. The molecular weight excluding hydrogens is 426 g/mol. The molecule has 1 aromatic carbocycles. The zero-order valence-electron chi connectivity index (χ0n) is 15.6. The van der Waals surface area contributed by atoms with Gasteiger partial charge in [-0.15, -0.1) is 12.4 Å². The Balaban J connectivity index is 0.00000240. The Hall–Kier alpha value is -2.14. The Morgan fingerprint density at radius 2 is 2.03 bits per heavy atom. The molecule has 156 valence electrons. The SMILES string of the molecule is Cc1cc(C(=O)N(CCN2CCOCC2)c2nc3c(F)cc(F)cc3s2)on1.Cl. The lowest BCUT2D eigenvalue weighted by molar-refractivity contribution is 0.0390. The van der Waals surface area contributed by atoms with Crippen molar-refractivity contribution in [2.75, 3.05) is 44.3 Å². The third-order valence-corrected chi connectivity index (χ3v) is 5.49. The Morgan fingerprint density at radius 1 is 1.28 bits per heavy atom. The van der Waals surface area contributed by atoms with Crippen LogP contribution in [0, 0.1) is 18.6 Å². The van der Waals surface area contributed by atoms with E-state index in [4.69, 9.17) is 9.26 Å². The van der Waals surface area contributed by atoms with Gasteiger partial charge in [-0.2, -0.15) is 0 Å². The van der Waals surface area contributed by atoms with Crippen LogP contribution in [0.25, 0.3) is 10.2 Å². The molecule has 1 aliphatic rings. The van der Waals surface area contributed by atoms with Crippen LogP contribution in [0.3, 0.4) is 0 Å². The van der Waals surface area contributed by atoms with Gasteiger partial charge in [0.05, 0.1) is 23.6 Å². The van der Waals surface area contributed by atoms with Gasteiger partial charge in [0.25, 0.3) is 5.91 Å². The largest absolute Gasteiger partial charge is 0.379 e. The highest BCUT2D eigenvalue weighted by Crippen LogP contribution is 2.32. The number of carbonyl (C=O) groups is 1. The summed E-state index contributed by atoms with van der Waals surface area (Å²) in [4.78, 5) is 20.9. The number of thiazole rings is 1. The lowest BCUT2D eigenvalue weighted by Crippen LogP contribution is -2.43. The topological polar surface area (TPSA) is 71.7 Å². The maximum absolute atomic E-state index is 14.1. The van der Waals surface area contributed by atoms with Crippen molar-refractivity contribution < 1.29 is 22.8 Å². The summed E-state index contributed by atoms with van der Waals surface area (Å²) in [5, 5.41) is 4.04. The van der Waals surface area contributed by atoms with Crippen molar-refractivity contribution in [3.63, 3.8) is 0 Å². The van der Waals surface area contributed by atoms with E-state index in [9.17, 15) is 13.6 Å². The molecule has 3 heterocycles. The zero-order valence-corrected chi connectivity index (χ0v) is 17.2. The highest BCUT2D eigenvalue weighted by molar-refractivity contribution is 7.22. The molecule has 2 aromatic heterocycles. The van der Waals surface area contributed by atoms with Gasteiger partial charge in [0.2, 0.25) is 5.76 Å². The standard InChI is InChI=1S/C18H18F2N4O3S.ClH/c1-11-8-14(27-22-11)17(25)24(3-2-23-4-6-26-7-5-23)18-21-16-13(20)9-12(19)10-15(16)28-18;/h8-10H,2-7H2,1H3;1H. The molecule has 1 aliphatic heterocycles. The molecule has 0 unspecified atom stereocenters. The number of hydrogen-bond acceptors (Lipinski definition) is 7. The predicted octanol–water partition coefficient (Wildman–Crippen LogP) is 3.27. The van der Waals surface area contributed by atoms with E-state index in [1.165, 1.54) is 17.0 Å². The van der Waals surface area contributed by atoms with E-state index in [1.54, 1.807) is 6.92 Å². The Labute approximate surface area is 175 Å². The zero-order chi connectivity index (χ0) is 19.7. The van der Waals surface area contributed by atoms with Gasteiger partial charge in [-0.25, -0.2) is 13.8 Å². The van der Waals surface area contributed by atoms with E-state index in [0.29, 0.717) is 36.7 Å². The van der Waals surface area contributed by atoms with Crippen LogP contribution in [-0.2, 0) is 4.74 Å². The third-order valence-electron chi connectivity index (χ3n) is 4.46. The lowest BCUT2D eigenvalue weighted by atomic mass is 10.3. The fourth-order valence-corrected chi connectivity index (χ4v) is 4.04. The smallest absolute Gasteiger partial charge is 0.298 e. The summed E-state index contributed by atoms with van der Waals surface area (Å²) >= 11 is 1.06. The highest BCUT2D eigenvalue weighted by Gasteiger charge is 2.26. The van der Waals surface area contributed by atoms with E-state index in [-0.39, 0.29) is 28.8 Å². The van der Waals surface area contributed by atoms with Crippen molar-refractivity contribution in [2.45, 2.75) is 6.92 Å². The molecule has 0 spiro atoms. The molecule has 0 atom stereocenters. The molecule has 7 nitrogen and oxygen atoms in total. The van der Waals surface area contributed by atoms with Crippen molar-refractivity contribution in [2.24, 2.45) is 0 Å². The number of rotatable bonds is 5. The van der Waals surface area contributed by atoms with Gasteiger partial charge in [0.15, 0.2) is 10.9 Å². The number of aromatic nitrogens is 2. The maximum Gasteiger partial charge on any atom is 0.298 e. The summed E-state index contributed by atoms with van der Waals surface area (Å²) < 4.78 is 38.4. The lowest BCUT2D eigenvalue weighted by Gasteiger charge is -2.28. The molecule has 0 N–H and O–H groups in total. The number of carbonyl (C=O) groups excluding carboxylic acids is 1. The Morgan fingerprint density at radius 3 is 2.72 bits per heavy atom. The van der Waals surface area contributed by atoms with Crippen molar-refractivity contribution in [1.82, 2.24) is 15.0 Å². The second-order valence-corrected chi connectivity index (χ2v) is 7.48. The first-order valence-electron chi connectivity index (χ1n) is 8.82. The summed E-state index contributed by atoms with van der Waals surface area (Å²) in [6, 6.07) is 3.53. The number of benzene rings is 1. The van der Waals surface area contributed by atoms with Crippen molar-refractivity contribution in [3.05, 3.63) is 41.3 Å². The van der Waals surface area contributed by atoms with Gasteiger partial charge < -0.3 is 9.26 Å². The van der Waals surface area contributed by atoms with Gasteiger partial charge in [-0.05, 0) is 13.0 Å². The Kier molecular flexibility index (Phi) is 6.78. The normalized spacial score (nSPS) is 14.7. The fraction of sp³-hybridized carbons (Fsp3) is 0.389. The number of hydrogen-bond donors (Lipinski definition) is 0. The van der Waals surface area contributed by atoms with Crippen molar-refractivity contribution >= 4 is 45.0 Å². The molecule has 3 aromatic rings. The predicted molar refractivity (Wildman–Crippen MR) is 107 cm³/mol. The molecule has 1 saturated heterocycles. The average molecular weight is 445 g/mol. The molecule has 4 rings (SSSR count). The highest BCUT2D eigenvalue weighted by atomic mass is 35.5. The van der Waals surface area contributed by atoms with E-state index in [1.807, 2.05) is 0 Å². The summed E-state index contributed by atoms with van der Waals surface area (Å²) in [5.41, 5.74) is 0.619. The summed E-state index contributed by atoms with van der Waals surface area (Å²) in [6.07, 6.45) is 0. The first-order valence-corrected chi connectivity index (χ1v) is 9.64. The molecule has 11 heteroatoms. The molecule has 0 bridgehead atoms. The van der Waals surface area contributed by atoms with Crippen molar-refractivity contribution in [3.8, 4) is 0 Å². The van der Waals surface area contributed by atoms with E-state index in [2.05, 4.69) is 15.0 Å². The molecular formula is C18H19ClF2N4O3S. The Bertz CT molecular complexity index is 1010. The minimum atomic E-state index is -0.756. The number of morpholine rings is 1. The first kappa shape index (κ1) is 21.6. The van der Waals surface area contributed by atoms with Crippen LogP contribution < -0.4 is 4.90 Å². The van der Waals surface area contributed by atoms with Crippen LogP contribution >= 0.6 is 23.7 Å². The van der Waals surface area contributed by atoms with Crippen LogP contribution in [0.15, 0.2) is 22.7 Å². The minimum absolute atomic E-state index is 0. The van der Waals surface area contributed by atoms with Crippen LogP contribution in [0.2, 0.25) is 0 Å². The van der Waals surface area contributed by atoms with Crippen LogP contribution in [0.4, 0.5) is 13.9 Å². The number of amides is 1. The number of ether oxygens (including phenoxy) is 1. The monoisotopic (exact) mass is 444 g/mol. The van der Waals surface area contributed by atoms with E-state index in [0.717, 1.165) is 30.5 Å². The van der Waals surface area contributed by atoms with Gasteiger partial charge >= 0.3 is 0 Å². The second-order valence-electron chi connectivity index (χ2n) is 6.47. The summed E-state index contributed by atoms with van der Waals surface area (Å²) in [6.45, 7) is 5.44. The summed E-state index contributed by atoms with van der Waals surface area (Å²) in [5.74, 6) is -1.79. The van der Waals surface area contributed by atoms with Gasteiger partial charge in [0, 0.05) is 38.3 Å². The number of nitrogens with zero attached hydrogens (tertiary/aromatic N) is 4. The number of anilines is 1. The molecule has 29 heavy (non-hydrogen) atoms. The van der Waals surface area contributed by atoms with Crippen LogP contribution in [0.5, 0.6) is 0 Å². The molecule has 1 fully saturated rings. The molecule has 0 saturated carbocycles. The van der Waals surface area contributed by atoms with Crippen LogP contribution in [0.1, 0.15) is 16.2 Å². The minimum Gasteiger partial charge on any atom is -0.379 e. The molecule has 1 amide bonds. The molecule has 0 aliphatic carbocycles. The van der Waals surface area contributed by atoms with Crippen LogP contribution in [-0.4, -0.2) is 60.3 Å². The van der Waals surface area contributed by atoms with E-state index >= 15 is 0 Å².